The van der Waals surface area contributed by atoms with Gasteiger partial charge in [0.1, 0.15) is 11.3 Å². The molecule has 1 aliphatic heterocycles. The number of hydrogen-bond acceptors (Lipinski definition) is 5. The number of ether oxygens (including phenoxy) is 1. The monoisotopic (exact) mass is 581 g/mol. The van der Waals surface area contributed by atoms with E-state index in [-0.39, 0.29) is 29.5 Å². The predicted octanol–water partition coefficient (Wildman–Crippen LogP) is 5.40. The van der Waals surface area contributed by atoms with Gasteiger partial charge >= 0.3 is 6.03 Å². The summed E-state index contributed by atoms with van der Waals surface area (Å²) in [6.07, 6.45) is 1.31. The molecule has 1 saturated heterocycles. The van der Waals surface area contributed by atoms with Gasteiger partial charge in [0.25, 0.3) is 17.7 Å². The van der Waals surface area contributed by atoms with Gasteiger partial charge in [-0.3, -0.25) is 19.7 Å². The fourth-order valence-corrected chi connectivity index (χ4v) is 4.19. The molecule has 0 radical (unpaired) electrons. The summed E-state index contributed by atoms with van der Waals surface area (Å²) in [5, 5.41) is 5.31. The third-order valence-corrected chi connectivity index (χ3v) is 6.19. The van der Waals surface area contributed by atoms with E-state index in [4.69, 9.17) is 16.3 Å². The van der Waals surface area contributed by atoms with E-state index in [1.54, 1.807) is 30.3 Å². The molecule has 4 rings (SSSR count). The lowest BCUT2D eigenvalue weighted by molar-refractivity contribution is -0.122. The molecule has 3 aromatic rings. The highest BCUT2D eigenvalue weighted by molar-refractivity contribution is 9.10. The van der Waals surface area contributed by atoms with Crippen molar-refractivity contribution in [3.8, 4) is 5.75 Å². The van der Waals surface area contributed by atoms with E-state index in [1.807, 2.05) is 32.0 Å². The second-order valence-corrected chi connectivity index (χ2v) is 9.63. The van der Waals surface area contributed by atoms with Crippen LogP contribution in [0.4, 0.5) is 16.2 Å². The molecule has 0 unspecified atom stereocenters. The van der Waals surface area contributed by atoms with E-state index in [0.29, 0.717) is 20.7 Å². The Morgan fingerprint density at radius 1 is 1.08 bits per heavy atom. The highest BCUT2D eigenvalue weighted by atomic mass is 79.9. The van der Waals surface area contributed by atoms with Crippen LogP contribution >= 0.6 is 27.5 Å². The number of urea groups is 1. The van der Waals surface area contributed by atoms with Crippen molar-refractivity contribution >= 4 is 68.7 Å². The summed E-state index contributed by atoms with van der Waals surface area (Å²) in [4.78, 5) is 51.6. The molecule has 0 bridgehead atoms. The number of hydrogen-bond donors (Lipinski definition) is 2. The molecule has 0 spiro atoms. The first kappa shape index (κ1) is 26.1. The van der Waals surface area contributed by atoms with E-state index in [0.717, 1.165) is 16.0 Å². The van der Waals surface area contributed by atoms with Crippen molar-refractivity contribution in [3.05, 3.63) is 92.4 Å². The Kier molecular flexibility index (Phi) is 7.75. The first-order valence-electron chi connectivity index (χ1n) is 11.1. The smallest absolute Gasteiger partial charge is 0.335 e. The number of barbiturate groups is 1. The van der Waals surface area contributed by atoms with Crippen LogP contribution in [0.15, 0.2) is 70.7 Å². The van der Waals surface area contributed by atoms with Gasteiger partial charge in [0.05, 0.1) is 5.69 Å². The Hall–Kier alpha value is -3.95. The summed E-state index contributed by atoms with van der Waals surface area (Å²) < 4.78 is 6.39. The Bertz CT molecular complexity index is 1470. The zero-order valence-electron chi connectivity index (χ0n) is 19.8. The van der Waals surface area contributed by atoms with Crippen molar-refractivity contribution in [3.63, 3.8) is 0 Å². The number of rotatable bonds is 6. The number of carbonyl (C=O) groups is 4. The molecule has 1 aliphatic rings. The summed E-state index contributed by atoms with van der Waals surface area (Å²) >= 11 is 9.38. The van der Waals surface area contributed by atoms with Crippen molar-refractivity contribution in [1.82, 2.24) is 5.32 Å². The van der Waals surface area contributed by atoms with E-state index in [1.165, 1.54) is 18.2 Å². The van der Waals surface area contributed by atoms with Crippen molar-refractivity contribution in [2.24, 2.45) is 0 Å². The molecule has 0 atom stereocenters. The highest BCUT2D eigenvalue weighted by Crippen LogP contribution is 2.29. The fraction of sp³-hybridized carbons (Fsp3) is 0.111. The van der Waals surface area contributed by atoms with Gasteiger partial charge in [-0.1, -0.05) is 45.7 Å². The number of anilines is 2. The lowest BCUT2D eigenvalue weighted by Crippen LogP contribution is -2.54. The van der Waals surface area contributed by atoms with E-state index >= 15 is 0 Å². The summed E-state index contributed by atoms with van der Waals surface area (Å²) in [5.74, 6) is -1.79. The Morgan fingerprint density at radius 2 is 1.86 bits per heavy atom. The van der Waals surface area contributed by atoms with Crippen LogP contribution in [0.5, 0.6) is 5.75 Å². The molecule has 37 heavy (non-hydrogen) atoms. The maximum atomic E-state index is 13.2. The maximum absolute atomic E-state index is 13.2. The zero-order chi connectivity index (χ0) is 26.7. The van der Waals surface area contributed by atoms with Crippen molar-refractivity contribution < 1.29 is 23.9 Å². The van der Waals surface area contributed by atoms with Crippen LogP contribution in [0.3, 0.4) is 0 Å². The maximum Gasteiger partial charge on any atom is 0.335 e. The average molecular weight is 583 g/mol. The first-order chi connectivity index (χ1) is 17.6. The van der Waals surface area contributed by atoms with Gasteiger partial charge in [-0.25, -0.2) is 9.69 Å². The number of carbonyl (C=O) groups excluding carboxylic acids is 4. The second kappa shape index (κ2) is 11.0. The van der Waals surface area contributed by atoms with Crippen LogP contribution in [0.1, 0.15) is 16.7 Å². The van der Waals surface area contributed by atoms with Gasteiger partial charge in [-0.2, -0.15) is 0 Å². The van der Waals surface area contributed by atoms with Crippen LogP contribution < -0.4 is 20.3 Å². The van der Waals surface area contributed by atoms with Crippen molar-refractivity contribution in [2.45, 2.75) is 13.8 Å². The molecule has 1 heterocycles. The molecule has 1 fully saturated rings. The molecule has 8 nitrogen and oxygen atoms in total. The summed E-state index contributed by atoms with van der Waals surface area (Å²) in [7, 11) is 0. The Labute approximate surface area is 226 Å². The molecule has 0 aliphatic carbocycles. The number of imide groups is 2. The standard InChI is InChI=1S/C27H21BrClN3O5/c1-15-6-7-16(2)22(10-15)30-24(33)14-37-23-9-8-18(28)11-17(23)12-21-25(34)31-27(36)32(26(21)35)20-5-3-4-19(29)13-20/h3-13H,14H2,1-2H3,(H,30,33)(H,31,34,36)/b21-12+. The SMILES string of the molecule is Cc1ccc(C)c(NC(=O)COc2ccc(Br)cc2/C=C2\C(=O)NC(=O)N(c3cccc(Cl)c3)C2=O)c1. The van der Waals surface area contributed by atoms with Crippen LogP contribution in [0.2, 0.25) is 5.02 Å². The number of nitrogens with one attached hydrogen (secondary N) is 2. The number of amides is 5. The van der Waals surface area contributed by atoms with Gasteiger partial charge in [-0.15, -0.1) is 0 Å². The highest BCUT2D eigenvalue weighted by Gasteiger charge is 2.37. The molecular weight excluding hydrogens is 562 g/mol. The van der Waals surface area contributed by atoms with Crippen LogP contribution in [-0.2, 0) is 14.4 Å². The topological polar surface area (TPSA) is 105 Å². The summed E-state index contributed by atoms with van der Waals surface area (Å²) in [6, 6.07) is 15.9. The van der Waals surface area contributed by atoms with Crippen molar-refractivity contribution in [1.29, 1.82) is 0 Å². The largest absolute Gasteiger partial charge is 0.483 e. The Morgan fingerprint density at radius 3 is 2.62 bits per heavy atom. The normalized spacial score (nSPS) is 14.5. The van der Waals surface area contributed by atoms with Crippen molar-refractivity contribution in [2.75, 3.05) is 16.8 Å². The first-order valence-corrected chi connectivity index (χ1v) is 12.3. The lowest BCUT2D eigenvalue weighted by Gasteiger charge is -2.26. The van der Waals surface area contributed by atoms with Gasteiger partial charge in [0.2, 0.25) is 0 Å². The number of nitrogens with zero attached hydrogens (tertiary/aromatic N) is 1. The third kappa shape index (κ3) is 6.07. The molecule has 5 amide bonds. The summed E-state index contributed by atoms with van der Waals surface area (Å²) in [6.45, 7) is 3.51. The van der Waals surface area contributed by atoms with Crippen LogP contribution in [-0.4, -0.2) is 30.4 Å². The van der Waals surface area contributed by atoms with E-state index < -0.39 is 17.8 Å². The third-order valence-electron chi connectivity index (χ3n) is 5.47. The van der Waals surface area contributed by atoms with E-state index in [2.05, 4.69) is 26.6 Å². The lowest BCUT2D eigenvalue weighted by atomic mass is 10.1. The molecule has 2 N–H and O–H groups in total. The molecule has 0 aromatic heterocycles. The minimum Gasteiger partial charge on any atom is -0.483 e. The van der Waals surface area contributed by atoms with Gasteiger partial charge in [-0.05, 0) is 73.5 Å². The molecule has 10 heteroatoms. The number of aryl methyl sites for hydroxylation is 2. The Balaban J connectivity index is 1.59. The summed E-state index contributed by atoms with van der Waals surface area (Å²) in [5.41, 5.74) is 2.87. The quantitative estimate of drug-likeness (QED) is 0.299. The van der Waals surface area contributed by atoms with Crippen LogP contribution in [0.25, 0.3) is 6.08 Å². The van der Waals surface area contributed by atoms with Crippen LogP contribution in [0, 0.1) is 13.8 Å². The molecule has 3 aromatic carbocycles. The molecular formula is C27H21BrClN3O5. The number of benzene rings is 3. The van der Waals surface area contributed by atoms with E-state index in [9.17, 15) is 19.2 Å². The van der Waals surface area contributed by atoms with Gasteiger partial charge < -0.3 is 10.1 Å². The molecule has 0 saturated carbocycles. The minimum absolute atomic E-state index is 0.210. The average Bonchev–Trinajstić information content (AvgIpc) is 2.83. The van der Waals surface area contributed by atoms with Gasteiger partial charge in [0.15, 0.2) is 6.61 Å². The number of halogens is 2. The minimum atomic E-state index is -0.886. The predicted molar refractivity (Wildman–Crippen MR) is 145 cm³/mol. The second-order valence-electron chi connectivity index (χ2n) is 8.28. The van der Waals surface area contributed by atoms with Gasteiger partial charge in [0, 0.05) is 20.7 Å². The zero-order valence-corrected chi connectivity index (χ0v) is 22.1. The molecule has 188 valence electrons. The fourth-order valence-electron chi connectivity index (χ4n) is 3.63.